The van der Waals surface area contributed by atoms with Gasteiger partial charge in [-0.3, -0.25) is 4.79 Å². The third-order valence-corrected chi connectivity index (χ3v) is 3.59. The van der Waals surface area contributed by atoms with Crippen molar-refractivity contribution >= 4 is 5.97 Å². The highest BCUT2D eigenvalue weighted by Crippen LogP contribution is 2.45. The van der Waals surface area contributed by atoms with Crippen molar-refractivity contribution in [2.45, 2.75) is 50.5 Å². The molecule has 0 spiro atoms. The molecule has 4 rings (SSSR count). The fraction of sp³-hybridized carbons (Fsp3) is 0.909. The predicted molar refractivity (Wildman–Crippen MR) is 52.6 cm³/mol. The predicted octanol–water partition coefficient (Wildman–Crippen LogP) is 0.467. The third kappa shape index (κ3) is 1.31. The van der Waals surface area contributed by atoms with E-state index in [-0.39, 0.29) is 36.3 Å². The highest BCUT2D eigenvalue weighted by atomic mass is 16.8. The first kappa shape index (κ1) is 10.5. The van der Waals surface area contributed by atoms with Crippen molar-refractivity contribution < 1.29 is 23.7 Å². The van der Waals surface area contributed by atoms with E-state index in [1.54, 1.807) is 7.11 Å². The summed E-state index contributed by atoms with van der Waals surface area (Å²) in [5.74, 6) is -1.20. The van der Waals surface area contributed by atoms with Crippen molar-refractivity contribution in [3.63, 3.8) is 0 Å². The second-order valence-corrected chi connectivity index (χ2v) is 5.08. The molecule has 0 N–H and O–H groups in total. The number of hydrogen-bond acceptors (Lipinski definition) is 5. The van der Waals surface area contributed by atoms with Crippen LogP contribution in [0.1, 0.15) is 20.3 Å². The Morgan fingerprint density at radius 2 is 2.00 bits per heavy atom. The van der Waals surface area contributed by atoms with Crippen LogP contribution in [0.4, 0.5) is 0 Å². The fourth-order valence-corrected chi connectivity index (χ4v) is 2.98. The zero-order valence-corrected chi connectivity index (χ0v) is 9.64. The Balaban J connectivity index is 1.92. The zero-order valence-electron chi connectivity index (χ0n) is 9.64. The van der Waals surface area contributed by atoms with Crippen LogP contribution in [0.15, 0.2) is 0 Å². The monoisotopic (exact) mass is 228 g/mol. The summed E-state index contributed by atoms with van der Waals surface area (Å²) in [6.45, 7) is 3.72. The Bertz CT molecular complexity index is 326. The average molecular weight is 228 g/mol. The van der Waals surface area contributed by atoms with Crippen LogP contribution in [-0.2, 0) is 23.7 Å². The molecule has 3 heterocycles. The minimum absolute atomic E-state index is 0.106. The van der Waals surface area contributed by atoms with Gasteiger partial charge in [-0.05, 0) is 13.8 Å². The number of carbonyl (C=O) groups excluding carboxylic acids is 1. The number of methoxy groups -OCH3 is 1. The molecule has 0 aromatic carbocycles. The number of hydrogen-bond donors (Lipinski definition) is 0. The molecule has 0 unspecified atom stereocenters. The van der Waals surface area contributed by atoms with Crippen molar-refractivity contribution in [1.82, 2.24) is 0 Å². The molecule has 90 valence electrons. The van der Waals surface area contributed by atoms with E-state index in [0.717, 1.165) is 0 Å². The Hall–Kier alpha value is -0.650. The Morgan fingerprint density at radius 1 is 1.31 bits per heavy atom. The molecule has 5 atom stereocenters. The maximum atomic E-state index is 11.7. The van der Waals surface area contributed by atoms with Gasteiger partial charge >= 0.3 is 5.97 Å². The van der Waals surface area contributed by atoms with Gasteiger partial charge in [0, 0.05) is 13.5 Å². The lowest BCUT2D eigenvalue weighted by Crippen LogP contribution is -2.61. The molecule has 5 nitrogen and oxygen atoms in total. The van der Waals surface area contributed by atoms with Crippen LogP contribution in [0.25, 0.3) is 0 Å². The highest BCUT2D eigenvalue weighted by Gasteiger charge is 2.62. The maximum absolute atomic E-state index is 11.7. The summed E-state index contributed by atoms with van der Waals surface area (Å²) >= 11 is 0. The van der Waals surface area contributed by atoms with Crippen LogP contribution in [0.3, 0.4) is 0 Å². The minimum Gasteiger partial charge on any atom is -0.459 e. The molecule has 1 saturated carbocycles. The molecule has 0 amide bonds. The molecule has 0 aromatic rings. The molecule has 0 aromatic heterocycles. The number of ether oxygens (including phenoxy) is 4. The number of rotatable bonds is 1. The Labute approximate surface area is 94.0 Å². The summed E-state index contributed by atoms with van der Waals surface area (Å²) in [6.07, 6.45) is 0.0105. The quantitative estimate of drug-likeness (QED) is 0.610. The van der Waals surface area contributed by atoms with Gasteiger partial charge in [0.25, 0.3) is 0 Å². The van der Waals surface area contributed by atoms with Gasteiger partial charge in [-0.1, -0.05) is 0 Å². The van der Waals surface area contributed by atoms with Crippen molar-refractivity contribution in [3.8, 4) is 0 Å². The lowest BCUT2D eigenvalue weighted by molar-refractivity contribution is -0.210. The normalized spacial score (nSPS) is 48.9. The number of fused-ring (bicyclic) bond motifs is 2. The maximum Gasteiger partial charge on any atom is 0.314 e. The van der Waals surface area contributed by atoms with Gasteiger partial charge in [0.15, 0.2) is 5.79 Å². The fourth-order valence-electron chi connectivity index (χ4n) is 2.98. The van der Waals surface area contributed by atoms with E-state index in [4.69, 9.17) is 18.9 Å². The van der Waals surface area contributed by atoms with Gasteiger partial charge in [-0.25, -0.2) is 0 Å². The zero-order chi connectivity index (χ0) is 11.5. The van der Waals surface area contributed by atoms with E-state index in [9.17, 15) is 4.79 Å². The van der Waals surface area contributed by atoms with E-state index >= 15 is 0 Å². The lowest BCUT2D eigenvalue weighted by Gasteiger charge is -2.45. The van der Waals surface area contributed by atoms with Crippen LogP contribution in [0, 0.1) is 5.92 Å². The van der Waals surface area contributed by atoms with Crippen molar-refractivity contribution in [3.05, 3.63) is 0 Å². The molecular formula is C11H16O5. The van der Waals surface area contributed by atoms with E-state index < -0.39 is 5.79 Å². The number of esters is 1. The summed E-state index contributed by atoms with van der Waals surface area (Å²) in [6, 6.07) is 0. The first-order valence-corrected chi connectivity index (χ1v) is 5.61. The molecule has 3 aliphatic heterocycles. The molecule has 4 fully saturated rings. The van der Waals surface area contributed by atoms with E-state index in [1.165, 1.54) is 0 Å². The van der Waals surface area contributed by atoms with Gasteiger partial charge in [0.2, 0.25) is 0 Å². The van der Waals surface area contributed by atoms with Crippen LogP contribution in [0.5, 0.6) is 0 Å². The third-order valence-electron chi connectivity index (χ3n) is 3.59. The first-order valence-electron chi connectivity index (χ1n) is 5.61. The van der Waals surface area contributed by atoms with Crippen LogP contribution >= 0.6 is 0 Å². The Morgan fingerprint density at radius 3 is 2.69 bits per heavy atom. The molecule has 16 heavy (non-hydrogen) atoms. The van der Waals surface area contributed by atoms with E-state index in [1.807, 2.05) is 13.8 Å². The standard InChI is InChI=1S/C11H16O5/c1-11(2)15-8-6-4-5(13-3)7(9(8)16-11)10(12)14-6/h5-9H,4H2,1-3H3/t5-,6-,7+,8-,9+/m0/s1. The molecule has 3 saturated heterocycles. The van der Waals surface area contributed by atoms with Crippen molar-refractivity contribution in [2.24, 2.45) is 5.92 Å². The second-order valence-electron chi connectivity index (χ2n) is 5.08. The van der Waals surface area contributed by atoms with Gasteiger partial charge in [0.1, 0.15) is 24.2 Å². The van der Waals surface area contributed by atoms with Gasteiger partial charge in [-0.2, -0.15) is 0 Å². The average Bonchev–Trinajstić information content (AvgIpc) is 2.53. The van der Waals surface area contributed by atoms with Gasteiger partial charge in [-0.15, -0.1) is 0 Å². The van der Waals surface area contributed by atoms with Crippen LogP contribution < -0.4 is 0 Å². The summed E-state index contributed by atoms with van der Waals surface area (Å²) in [4.78, 5) is 11.7. The van der Waals surface area contributed by atoms with Crippen molar-refractivity contribution in [2.75, 3.05) is 7.11 Å². The largest absolute Gasteiger partial charge is 0.459 e. The molecular weight excluding hydrogens is 212 g/mol. The minimum atomic E-state index is -0.636. The highest BCUT2D eigenvalue weighted by molar-refractivity contribution is 5.76. The molecule has 4 aliphatic rings. The van der Waals surface area contributed by atoms with Gasteiger partial charge < -0.3 is 18.9 Å². The summed E-state index contributed by atoms with van der Waals surface area (Å²) in [5, 5.41) is 0. The SMILES string of the molecule is CO[C@H]1C[C@@H]2OC(=O)[C@H]1[C@H]1OC(C)(C)O[C@H]12. The molecule has 2 bridgehead atoms. The summed E-state index contributed by atoms with van der Waals surface area (Å²) in [5.41, 5.74) is 0. The lowest BCUT2D eigenvalue weighted by atomic mass is 9.77. The van der Waals surface area contributed by atoms with E-state index in [2.05, 4.69) is 0 Å². The molecule has 0 radical (unpaired) electrons. The number of carbonyl (C=O) groups is 1. The van der Waals surface area contributed by atoms with Crippen LogP contribution in [-0.4, -0.2) is 43.3 Å². The first-order chi connectivity index (χ1) is 7.52. The van der Waals surface area contributed by atoms with Crippen molar-refractivity contribution in [1.29, 1.82) is 0 Å². The smallest absolute Gasteiger partial charge is 0.314 e. The van der Waals surface area contributed by atoms with E-state index in [0.29, 0.717) is 6.42 Å². The van der Waals surface area contributed by atoms with Crippen LogP contribution in [0.2, 0.25) is 0 Å². The topological polar surface area (TPSA) is 54.0 Å². The van der Waals surface area contributed by atoms with Gasteiger partial charge in [0.05, 0.1) is 6.10 Å². The summed E-state index contributed by atoms with van der Waals surface area (Å²) in [7, 11) is 1.62. The Kier molecular flexibility index (Phi) is 2.09. The molecule has 1 aliphatic carbocycles. The second kappa shape index (κ2) is 3.18. The molecule has 5 heteroatoms. The summed E-state index contributed by atoms with van der Waals surface area (Å²) < 4.78 is 22.2.